The standard InChI is InChI=1S/C10H22O/c1-4-5-6-7-10(8-11)9(2)3/h9-11H,4-8H2,1-3H3/t10-/m1/s1. The van der Waals surface area contributed by atoms with Gasteiger partial charge in [0.2, 0.25) is 0 Å². The first-order chi connectivity index (χ1) is 5.22. The van der Waals surface area contributed by atoms with Crippen LogP contribution < -0.4 is 0 Å². The zero-order valence-electron chi connectivity index (χ0n) is 8.14. The third-order valence-corrected chi connectivity index (χ3v) is 2.36. The van der Waals surface area contributed by atoms with Crippen LogP contribution in [-0.4, -0.2) is 11.7 Å². The second-order valence-electron chi connectivity index (χ2n) is 3.68. The summed E-state index contributed by atoms with van der Waals surface area (Å²) in [5.41, 5.74) is 0. The molecule has 0 heterocycles. The predicted molar refractivity (Wildman–Crippen MR) is 49.6 cm³/mol. The van der Waals surface area contributed by atoms with Crippen LogP contribution in [0.25, 0.3) is 0 Å². The smallest absolute Gasteiger partial charge is 0.0461 e. The number of aliphatic hydroxyl groups is 1. The topological polar surface area (TPSA) is 20.2 Å². The second kappa shape index (κ2) is 6.66. The quantitative estimate of drug-likeness (QED) is 0.589. The van der Waals surface area contributed by atoms with Crippen molar-refractivity contribution in [3.63, 3.8) is 0 Å². The van der Waals surface area contributed by atoms with E-state index in [9.17, 15) is 0 Å². The Labute approximate surface area is 70.8 Å². The summed E-state index contributed by atoms with van der Waals surface area (Å²) in [7, 11) is 0. The maximum absolute atomic E-state index is 9.00. The summed E-state index contributed by atoms with van der Waals surface area (Å²) in [6, 6.07) is 0. The Kier molecular flexibility index (Phi) is 6.63. The average molecular weight is 158 g/mol. The molecule has 0 rings (SSSR count). The molecule has 0 aliphatic carbocycles. The van der Waals surface area contributed by atoms with Crippen LogP contribution in [0.2, 0.25) is 0 Å². The molecule has 1 heteroatoms. The average Bonchev–Trinajstić information content (AvgIpc) is 1.97. The molecule has 11 heavy (non-hydrogen) atoms. The highest BCUT2D eigenvalue weighted by Gasteiger charge is 2.10. The molecule has 0 unspecified atom stereocenters. The Morgan fingerprint density at radius 1 is 1.18 bits per heavy atom. The fourth-order valence-corrected chi connectivity index (χ4v) is 1.29. The van der Waals surface area contributed by atoms with E-state index in [1.54, 1.807) is 0 Å². The minimum atomic E-state index is 0.362. The number of aliphatic hydroxyl groups excluding tert-OH is 1. The van der Waals surface area contributed by atoms with Gasteiger partial charge in [0.05, 0.1) is 0 Å². The van der Waals surface area contributed by atoms with Gasteiger partial charge in [0, 0.05) is 6.61 Å². The van der Waals surface area contributed by atoms with Gasteiger partial charge in [-0.1, -0.05) is 40.0 Å². The third kappa shape index (κ3) is 5.25. The van der Waals surface area contributed by atoms with E-state index in [0.29, 0.717) is 18.4 Å². The maximum atomic E-state index is 9.00. The molecule has 0 spiro atoms. The molecule has 0 aromatic heterocycles. The zero-order chi connectivity index (χ0) is 8.69. The predicted octanol–water partition coefficient (Wildman–Crippen LogP) is 2.83. The summed E-state index contributed by atoms with van der Waals surface area (Å²) in [4.78, 5) is 0. The molecular formula is C10H22O. The van der Waals surface area contributed by atoms with Crippen molar-refractivity contribution in [2.75, 3.05) is 6.61 Å². The Hall–Kier alpha value is -0.0400. The SMILES string of the molecule is CCCCC[C@H](CO)C(C)C. The Morgan fingerprint density at radius 2 is 1.82 bits per heavy atom. The summed E-state index contributed by atoms with van der Waals surface area (Å²) < 4.78 is 0. The molecule has 0 aliphatic heterocycles. The van der Waals surface area contributed by atoms with Gasteiger partial charge in [0.1, 0.15) is 0 Å². The fourth-order valence-electron chi connectivity index (χ4n) is 1.29. The van der Waals surface area contributed by atoms with E-state index in [-0.39, 0.29) is 0 Å². The minimum Gasteiger partial charge on any atom is -0.396 e. The van der Waals surface area contributed by atoms with Gasteiger partial charge in [-0.3, -0.25) is 0 Å². The van der Waals surface area contributed by atoms with E-state index in [4.69, 9.17) is 5.11 Å². The van der Waals surface area contributed by atoms with Crippen LogP contribution in [0.3, 0.4) is 0 Å². The van der Waals surface area contributed by atoms with Crippen molar-refractivity contribution in [3.8, 4) is 0 Å². The fraction of sp³-hybridized carbons (Fsp3) is 1.00. The Balaban J connectivity index is 3.36. The van der Waals surface area contributed by atoms with Crippen LogP contribution in [0.15, 0.2) is 0 Å². The van der Waals surface area contributed by atoms with E-state index in [1.165, 1.54) is 25.7 Å². The first-order valence-electron chi connectivity index (χ1n) is 4.83. The molecule has 0 aromatic carbocycles. The maximum Gasteiger partial charge on any atom is 0.0461 e. The molecule has 0 amide bonds. The lowest BCUT2D eigenvalue weighted by atomic mass is 9.91. The molecule has 0 bridgehead atoms. The summed E-state index contributed by atoms with van der Waals surface area (Å²) in [6.45, 7) is 6.95. The molecule has 1 atom stereocenters. The highest BCUT2D eigenvalue weighted by atomic mass is 16.3. The van der Waals surface area contributed by atoms with Crippen molar-refractivity contribution in [1.82, 2.24) is 0 Å². The summed E-state index contributed by atoms with van der Waals surface area (Å²) in [6.07, 6.45) is 5.06. The molecule has 1 N–H and O–H groups in total. The first-order valence-corrected chi connectivity index (χ1v) is 4.83. The zero-order valence-corrected chi connectivity index (χ0v) is 8.14. The highest BCUT2D eigenvalue weighted by molar-refractivity contribution is 4.61. The number of rotatable bonds is 6. The minimum absolute atomic E-state index is 0.362. The van der Waals surface area contributed by atoms with Gasteiger partial charge in [-0.25, -0.2) is 0 Å². The van der Waals surface area contributed by atoms with E-state index < -0.39 is 0 Å². The molecule has 0 saturated heterocycles. The normalized spacial score (nSPS) is 13.9. The van der Waals surface area contributed by atoms with Gasteiger partial charge in [0.25, 0.3) is 0 Å². The lowest BCUT2D eigenvalue weighted by Gasteiger charge is -2.17. The van der Waals surface area contributed by atoms with Crippen molar-refractivity contribution < 1.29 is 5.11 Å². The van der Waals surface area contributed by atoms with Gasteiger partial charge in [0.15, 0.2) is 0 Å². The molecule has 0 aromatic rings. The number of hydrogen-bond acceptors (Lipinski definition) is 1. The van der Waals surface area contributed by atoms with E-state index in [0.717, 1.165) is 0 Å². The monoisotopic (exact) mass is 158 g/mol. The van der Waals surface area contributed by atoms with Crippen LogP contribution >= 0.6 is 0 Å². The van der Waals surface area contributed by atoms with Crippen LogP contribution in [0.5, 0.6) is 0 Å². The van der Waals surface area contributed by atoms with Gasteiger partial charge in [-0.05, 0) is 18.3 Å². The number of hydrogen-bond donors (Lipinski definition) is 1. The molecule has 0 aliphatic rings. The molecular weight excluding hydrogens is 136 g/mol. The third-order valence-electron chi connectivity index (χ3n) is 2.36. The van der Waals surface area contributed by atoms with Crippen LogP contribution in [0.4, 0.5) is 0 Å². The Morgan fingerprint density at radius 3 is 2.18 bits per heavy atom. The lowest BCUT2D eigenvalue weighted by molar-refractivity contribution is 0.178. The van der Waals surface area contributed by atoms with E-state index in [2.05, 4.69) is 20.8 Å². The van der Waals surface area contributed by atoms with Gasteiger partial charge < -0.3 is 5.11 Å². The van der Waals surface area contributed by atoms with Crippen LogP contribution in [0.1, 0.15) is 46.5 Å². The molecule has 1 nitrogen and oxygen atoms in total. The van der Waals surface area contributed by atoms with E-state index >= 15 is 0 Å². The summed E-state index contributed by atoms with van der Waals surface area (Å²) >= 11 is 0. The second-order valence-corrected chi connectivity index (χ2v) is 3.68. The van der Waals surface area contributed by atoms with Crippen molar-refractivity contribution >= 4 is 0 Å². The van der Waals surface area contributed by atoms with Crippen molar-refractivity contribution in [2.24, 2.45) is 11.8 Å². The largest absolute Gasteiger partial charge is 0.396 e. The molecule has 0 saturated carbocycles. The molecule has 68 valence electrons. The van der Waals surface area contributed by atoms with Gasteiger partial charge >= 0.3 is 0 Å². The molecule has 0 radical (unpaired) electrons. The Bertz CT molecular complexity index is 78.9. The van der Waals surface area contributed by atoms with Crippen molar-refractivity contribution in [1.29, 1.82) is 0 Å². The van der Waals surface area contributed by atoms with Gasteiger partial charge in [-0.15, -0.1) is 0 Å². The van der Waals surface area contributed by atoms with Crippen LogP contribution in [0, 0.1) is 11.8 Å². The lowest BCUT2D eigenvalue weighted by Crippen LogP contribution is -2.12. The van der Waals surface area contributed by atoms with Crippen LogP contribution in [-0.2, 0) is 0 Å². The highest BCUT2D eigenvalue weighted by Crippen LogP contribution is 2.17. The molecule has 0 fully saturated rings. The summed E-state index contributed by atoms with van der Waals surface area (Å²) in [5.74, 6) is 1.17. The van der Waals surface area contributed by atoms with E-state index in [1.807, 2.05) is 0 Å². The van der Waals surface area contributed by atoms with Crippen molar-refractivity contribution in [3.05, 3.63) is 0 Å². The number of unbranched alkanes of at least 4 members (excludes halogenated alkanes) is 2. The van der Waals surface area contributed by atoms with Crippen molar-refractivity contribution in [2.45, 2.75) is 46.5 Å². The van der Waals surface area contributed by atoms with Gasteiger partial charge in [-0.2, -0.15) is 0 Å². The first kappa shape index (κ1) is 11.0. The summed E-state index contributed by atoms with van der Waals surface area (Å²) in [5, 5.41) is 9.00.